The summed E-state index contributed by atoms with van der Waals surface area (Å²) >= 11 is 5.89. The second kappa shape index (κ2) is 14.7. The Balaban J connectivity index is 1.59. The molecule has 2 aromatic carbocycles. The first-order valence-electron chi connectivity index (χ1n) is 10.6. The number of hydrogen-bond donors (Lipinski definition) is 3. The number of carbonyl (C=O) groups excluding carboxylic acids is 3. The van der Waals surface area contributed by atoms with Crippen LogP contribution < -0.4 is 10.6 Å². The number of anilines is 1. The molecular weight excluding hydrogens is 462 g/mol. The number of nitrogens with zero attached hydrogens (tertiary/aromatic N) is 1. The average Bonchev–Trinajstić information content (AvgIpc) is 2.83. The summed E-state index contributed by atoms with van der Waals surface area (Å²) in [7, 11) is 1.20. The fourth-order valence-corrected chi connectivity index (χ4v) is 2.96. The summed E-state index contributed by atoms with van der Waals surface area (Å²) in [5, 5.41) is 16.6. The van der Waals surface area contributed by atoms with E-state index in [1.165, 1.54) is 7.11 Å². The van der Waals surface area contributed by atoms with Crippen LogP contribution in [0, 0.1) is 0 Å². The minimum atomic E-state index is -0.677. The van der Waals surface area contributed by atoms with E-state index in [0.717, 1.165) is 29.7 Å². The van der Waals surface area contributed by atoms with Crippen LogP contribution in [0.1, 0.15) is 24.0 Å². The molecule has 0 spiro atoms. The van der Waals surface area contributed by atoms with Gasteiger partial charge in [0, 0.05) is 36.0 Å². The third-order valence-corrected chi connectivity index (χ3v) is 4.82. The number of carbonyl (C=O) groups is 3. The van der Waals surface area contributed by atoms with Crippen molar-refractivity contribution in [3.8, 4) is 0 Å². The number of esters is 1. The van der Waals surface area contributed by atoms with Crippen molar-refractivity contribution in [2.24, 2.45) is 0 Å². The van der Waals surface area contributed by atoms with Gasteiger partial charge in [-0.25, -0.2) is 14.7 Å². The van der Waals surface area contributed by atoms with Crippen molar-refractivity contribution in [1.29, 1.82) is 0 Å². The fourth-order valence-electron chi connectivity index (χ4n) is 2.77. The van der Waals surface area contributed by atoms with Crippen LogP contribution in [0.5, 0.6) is 0 Å². The van der Waals surface area contributed by atoms with Crippen LogP contribution in [0.15, 0.2) is 60.7 Å². The first-order chi connectivity index (χ1) is 16.4. The summed E-state index contributed by atoms with van der Waals surface area (Å²) in [4.78, 5) is 34.4. The molecule has 2 rings (SSSR count). The van der Waals surface area contributed by atoms with Gasteiger partial charge in [-0.2, -0.15) is 0 Å². The topological polar surface area (TPSA) is 117 Å². The summed E-state index contributed by atoms with van der Waals surface area (Å²) < 4.78 is 9.60. The second-order valence-corrected chi connectivity index (χ2v) is 7.67. The number of nitrogens with one attached hydrogen (secondary N) is 2. The molecule has 0 saturated heterocycles. The molecule has 0 fully saturated rings. The molecule has 2 aromatic rings. The number of unbranched alkanes of at least 4 members (excludes halogenated alkanes) is 1. The van der Waals surface area contributed by atoms with Crippen molar-refractivity contribution < 1.29 is 29.1 Å². The first-order valence-corrected chi connectivity index (χ1v) is 11.0. The van der Waals surface area contributed by atoms with Crippen LogP contribution >= 0.6 is 11.6 Å². The minimum Gasteiger partial charge on any atom is -0.466 e. The normalized spacial score (nSPS) is 10.7. The highest BCUT2D eigenvalue weighted by Crippen LogP contribution is 2.15. The van der Waals surface area contributed by atoms with Crippen molar-refractivity contribution in [3.05, 3.63) is 76.8 Å². The maximum atomic E-state index is 11.9. The first kappa shape index (κ1) is 26.8. The Bertz CT molecular complexity index is 981. The van der Waals surface area contributed by atoms with Crippen molar-refractivity contribution in [2.45, 2.75) is 26.0 Å². The molecule has 0 unspecified atom stereocenters. The van der Waals surface area contributed by atoms with Crippen molar-refractivity contribution in [3.63, 3.8) is 0 Å². The highest BCUT2D eigenvalue weighted by atomic mass is 35.5. The quantitative estimate of drug-likeness (QED) is 0.136. The zero-order chi connectivity index (χ0) is 24.8. The highest BCUT2D eigenvalue weighted by molar-refractivity contribution is 6.30. The number of benzene rings is 2. The third kappa shape index (κ3) is 10.5. The predicted octanol–water partition coefficient (Wildman–Crippen LogP) is 3.91. The molecule has 0 atom stereocenters. The largest absolute Gasteiger partial charge is 0.466 e. The summed E-state index contributed by atoms with van der Waals surface area (Å²) in [6.45, 7) is 1.66. The maximum absolute atomic E-state index is 11.9. The SMILES string of the molecule is COC(=O)/C=C/C(=O)N(O)CCCCNCc1ccc(COC(=O)Nc2cccc(Cl)c2)cc1. The van der Waals surface area contributed by atoms with Crippen molar-refractivity contribution in [1.82, 2.24) is 10.4 Å². The zero-order valence-corrected chi connectivity index (χ0v) is 19.6. The molecule has 0 aliphatic rings. The number of hydroxylamine groups is 2. The lowest BCUT2D eigenvalue weighted by Gasteiger charge is -2.12. The number of hydrogen-bond acceptors (Lipinski definition) is 7. The van der Waals surface area contributed by atoms with Crippen LogP contribution in [0.25, 0.3) is 0 Å². The third-order valence-electron chi connectivity index (χ3n) is 4.58. The molecule has 3 N–H and O–H groups in total. The van der Waals surface area contributed by atoms with E-state index in [9.17, 15) is 19.6 Å². The van der Waals surface area contributed by atoms with Crippen LogP contribution in [-0.2, 0) is 32.2 Å². The molecule has 34 heavy (non-hydrogen) atoms. The Labute approximate surface area is 203 Å². The summed E-state index contributed by atoms with van der Waals surface area (Å²) in [6, 6.07) is 14.5. The molecule has 0 aliphatic carbocycles. The Morgan fingerprint density at radius 3 is 2.50 bits per heavy atom. The predicted molar refractivity (Wildman–Crippen MR) is 127 cm³/mol. The fraction of sp³-hybridized carbons (Fsp3) is 0.292. The highest BCUT2D eigenvalue weighted by Gasteiger charge is 2.07. The molecule has 2 amide bonds. The van der Waals surface area contributed by atoms with E-state index in [0.29, 0.717) is 35.3 Å². The van der Waals surface area contributed by atoms with Gasteiger partial charge in [0.2, 0.25) is 0 Å². The number of halogens is 1. The number of amides is 2. The van der Waals surface area contributed by atoms with E-state index in [1.54, 1.807) is 24.3 Å². The standard InChI is InChI=1S/C24H28ClN3O6/c1-33-23(30)12-11-22(29)28(32)14-3-2-13-26-16-18-7-9-19(10-8-18)17-34-24(31)27-21-6-4-5-20(25)15-21/h4-12,15,26,32H,2-3,13-14,16-17H2,1H3,(H,27,31)/b12-11+. The Morgan fingerprint density at radius 2 is 1.79 bits per heavy atom. The molecule has 0 aliphatic heterocycles. The Hall–Kier alpha value is -3.40. The average molecular weight is 490 g/mol. The molecule has 182 valence electrons. The van der Waals surface area contributed by atoms with E-state index >= 15 is 0 Å². The lowest BCUT2D eigenvalue weighted by molar-refractivity contribution is -0.159. The molecular formula is C24H28ClN3O6. The van der Waals surface area contributed by atoms with Crippen LogP contribution in [-0.4, -0.2) is 48.4 Å². The van der Waals surface area contributed by atoms with Gasteiger partial charge in [-0.15, -0.1) is 0 Å². The number of methoxy groups -OCH3 is 1. The summed E-state index contributed by atoms with van der Waals surface area (Å²) in [6.07, 6.45) is 2.70. The van der Waals surface area contributed by atoms with Gasteiger partial charge in [0.15, 0.2) is 0 Å². The lowest BCUT2D eigenvalue weighted by Crippen LogP contribution is -2.27. The van der Waals surface area contributed by atoms with Crippen molar-refractivity contribution in [2.75, 3.05) is 25.5 Å². The van der Waals surface area contributed by atoms with Gasteiger partial charge in [0.05, 0.1) is 7.11 Å². The van der Waals surface area contributed by atoms with E-state index in [4.69, 9.17) is 16.3 Å². The molecule has 0 bridgehead atoms. The Morgan fingerprint density at radius 1 is 1.06 bits per heavy atom. The molecule has 9 nitrogen and oxygen atoms in total. The smallest absolute Gasteiger partial charge is 0.411 e. The maximum Gasteiger partial charge on any atom is 0.411 e. The lowest BCUT2D eigenvalue weighted by atomic mass is 10.1. The zero-order valence-electron chi connectivity index (χ0n) is 18.8. The van der Waals surface area contributed by atoms with Gasteiger partial charge in [-0.3, -0.25) is 15.3 Å². The second-order valence-electron chi connectivity index (χ2n) is 7.23. The molecule has 0 aromatic heterocycles. The van der Waals surface area contributed by atoms with Gasteiger partial charge in [-0.1, -0.05) is 41.9 Å². The van der Waals surface area contributed by atoms with Gasteiger partial charge in [0.1, 0.15) is 6.61 Å². The number of ether oxygens (including phenoxy) is 2. The van der Waals surface area contributed by atoms with E-state index in [-0.39, 0.29) is 13.2 Å². The molecule has 0 heterocycles. The van der Waals surface area contributed by atoms with E-state index in [1.807, 2.05) is 24.3 Å². The minimum absolute atomic E-state index is 0.144. The monoisotopic (exact) mass is 489 g/mol. The van der Waals surface area contributed by atoms with Crippen molar-refractivity contribution >= 4 is 35.3 Å². The van der Waals surface area contributed by atoms with E-state index in [2.05, 4.69) is 15.4 Å². The number of rotatable bonds is 12. The Kier molecular flexibility index (Phi) is 11.6. The van der Waals surface area contributed by atoms with Crippen LogP contribution in [0.2, 0.25) is 5.02 Å². The molecule has 0 saturated carbocycles. The van der Waals surface area contributed by atoms with Gasteiger partial charge in [-0.05, 0) is 48.7 Å². The van der Waals surface area contributed by atoms with Crippen LogP contribution in [0.3, 0.4) is 0 Å². The van der Waals surface area contributed by atoms with Crippen LogP contribution in [0.4, 0.5) is 10.5 Å². The molecule has 10 heteroatoms. The summed E-state index contributed by atoms with van der Waals surface area (Å²) in [5.74, 6) is -1.34. The summed E-state index contributed by atoms with van der Waals surface area (Å²) in [5.41, 5.74) is 2.49. The van der Waals surface area contributed by atoms with Gasteiger partial charge < -0.3 is 14.8 Å². The molecule has 0 radical (unpaired) electrons. The van der Waals surface area contributed by atoms with E-state index < -0.39 is 18.0 Å². The van der Waals surface area contributed by atoms with Gasteiger partial charge >= 0.3 is 12.1 Å². The van der Waals surface area contributed by atoms with Gasteiger partial charge in [0.25, 0.3) is 5.91 Å².